The third kappa shape index (κ3) is 4.06. The van der Waals surface area contributed by atoms with Crippen molar-refractivity contribution in [2.45, 2.75) is 20.0 Å². The summed E-state index contributed by atoms with van der Waals surface area (Å²) < 4.78 is 18.5. The predicted molar refractivity (Wildman–Crippen MR) is 76.6 cm³/mol. The van der Waals surface area contributed by atoms with Gasteiger partial charge in [-0.3, -0.25) is 4.98 Å². The third-order valence-corrected chi connectivity index (χ3v) is 2.83. The van der Waals surface area contributed by atoms with E-state index in [1.165, 1.54) is 18.2 Å². The molecule has 0 saturated carbocycles. The van der Waals surface area contributed by atoms with Crippen molar-refractivity contribution in [2.24, 2.45) is 0 Å². The first-order chi connectivity index (χ1) is 9.69. The molecule has 0 bridgehead atoms. The second kappa shape index (κ2) is 7.05. The Morgan fingerprint density at radius 2 is 2.15 bits per heavy atom. The molecular formula is C14H15ClFN3O. The number of benzene rings is 1. The van der Waals surface area contributed by atoms with Gasteiger partial charge in [0.15, 0.2) is 0 Å². The minimum atomic E-state index is -0.467. The van der Waals surface area contributed by atoms with Crippen LogP contribution in [0.15, 0.2) is 30.6 Å². The summed E-state index contributed by atoms with van der Waals surface area (Å²) in [5, 5.41) is 3.17. The average molecular weight is 296 g/mol. The van der Waals surface area contributed by atoms with E-state index in [1.807, 2.05) is 0 Å². The standard InChI is InChI=1S/C14H15ClFN3O/c1-2-5-17-14-8-18-10(7-19-14)9-20-11-3-4-13(16)12(15)6-11/h3-4,6-8H,2,5,9H2,1H3,(H,17,19). The van der Waals surface area contributed by atoms with Gasteiger partial charge in [-0.05, 0) is 18.6 Å². The molecule has 4 nitrogen and oxygen atoms in total. The zero-order valence-corrected chi connectivity index (χ0v) is 11.8. The molecule has 0 saturated heterocycles. The van der Waals surface area contributed by atoms with Crippen LogP contribution in [0.3, 0.4) is 0 Å². The van der Waals surface area contributed by atoms with E-state index in [-0.39, 0.29) is 11.6 Å². The van der Waals surface area contributed by atoms with E-state index in [4.69, 9.17) is 16.3 Å². The zero-order chi connectivity index (χ0) is 14.4. The highest BCUT2D eigenvalue weighted by Crippen LogP contribution is 2.21. The highest BCUT2D eigenvalue weighted by atomic mass is 35.5. The number of nitrogens with one attached hydrogen (secondary N) is 1. The van der Waals surface area contributed by atoms with Crippen LogP contribution in [-0.2, 0) is 6.61 Å². The summed E-state index contributed by atoms with van der Waals surface area (Å²) in [6.07, 6.45) is 4.33. The van der Waals surface area contributed by atoms with Crippen molar-refractivity contribution in [3.8, 4) is 5.75 Å². The molecular weight excluding hydrogens is 281 g/mol. The smallest absolute Gasteiger partial charge is 0.144 e. The Morgan fingerprint density at radius 3 is 2.80 bits per heavy atom. The molecule has 2 rings (SSSR count). The summed E-state index contributed by atoms with van der Waals surface area (Å²) in [4.78, 5) is 8.45. The fraction of sp³-hybridized carbons (Fsp3) is 0.286. The molecule has 0 aliphatic carbocycles. The van der Waals surface area contributed by atoms with Crippen molar-refractivity contribution in [3.63, 3.8) is 0 Å². The van der Waals surface area contributed by atoms with Crippen LogP contribution in [0, 0.1) is 5.82 Å². The SMILES string of the molecule is CCCNc1cnc(COc2ccc(F)c(Cl)c2)cn1. The lowest BCUT2D eigenvalue weighted by atomic mass is 10.3. The molecule has 6 heteroatoms. The molecule has 1 N–H and O–H groups in total. The van der Waals surface area contributed by atoms with Crippen molar-refractivity contribution < 1.29 is 9.13 Å². The molecule has 1 heterocycles. The Balaban J connectivity index is 1.91. The van der Waals surface area contributed by atoms with E-state index in [0.717, 1.165) is 18.8 Å². The number of ether oxygens (including phenoxy) is 1. The first kappa shape index (κ1) is 14.5. The highest BCUT2D eigenvalue weighted by molar-refractivity contribution is 6.30. The molecule has 0 radical (unpaired) electrons. The molecule has 0 atom stereocenters. The fourth-order valence-electron chi connectivity index (χ4n) is 1.50. The van der Waals surface area contributed by atoms with Crippen LogP contribution in [0.1, 0.15) is 19.0 Å². The molecule has 0 amide bonds. The van der Waals surface area contributed by atoms with E-state index in [1.54, 1.807) is 12.4 Å². The van der Waals surface area contributed by atoms with Gasteiger partial charge in [0, 0.05) is 12.6 Å². The number of halogens is 2. The van der Waals surface area contributed by atoms with Crippen LogP contribution in [0.4, 0.5) is 10.2 Å². The van der Waals surface area contributed by atoms with Crippen LogP contribution in [0.5, 0.6) is 5.75 Å². The van der Waals surface area contributed by atoms with Crippen LogP contribution >= 0.6 is 11.6 Å². The van der Waals surface area contributed by atoms with Crippen molar-refractivity contribution in [3.05, 3.63) is 47.1 Å². The maximum Gasteiger partial charge on any atom is 0.144 e. The molecule has 0 aliphatic heterocycles. The number of anilines is 1. The number of nitrogens with zero attached hydrogens (tertiary/aromatic N) is 2. The quantitative estimate of drug-likeness (QED) is 0.883. The lowest BCUT2D eigenvalue weighted by molar-refractivity contribution is 0.300. The van der Waals surface area contributed by atoms with Gasteiger partial charge in [0.1, 0.15) is 24.0 Å². The third-order valence-electron chi connectivity index (χ3n) is 2.54. The van der Waals surface area contributed by atoms with Crippen LogP contribution < -0.4 is 10.1 Å². The largest absolute Gasteiger partial charge is 0.487 e. The lowest BCUT2D eigenvalue weighted by Gasteiger charge is -2.07. The number of aromatic nitrogens is 2. The van der Waals surface area contributed by atoms with E-state index in [0.29, 0.717) is 11.4 Å². The van der Waals surface area contributed by atoms with Gasteiger partial charge in [-0.2, -0.15) is 0 Å². The summed E-state index contributed by atoms with van der Waals surface area (Å²) in [5.41, 5.74) is 0.687. The molecule has 0 spiro atoms. The van der Waals surface area contributed by atoms with Gasteiger partial charge in [0.05, 0.1) is 23.1 Å². The highest BCUT2D eigenvalue weighted by Gasteiger charge is 2.03. The fourth-order valence-corrected chi connectivity index (χ4v) is 1.67. The lowest BCUT2D eigenvalue weighted by Crippen LogP contribution is -2.04. The Morgan fingerprint density at radius 1 is 1.30 bits per heavy atom. The molecule has 2 aromatic rings. The summed E-state index contributed by atoms with van der Waals surface area (Å²) in [7, 11) is 0. The van der Waals surface area contributed by atoms with Gasteiger partial charge in [0.25, 0.3) is 0 Å². The minimum Gasteiger partial charge on any atom is -0.487 e. The van der Waals surface area contributed by atoms with Crippen molar-refractivity contribution >= 4 is 17.4 Å². The Labute approximate surface area is 122 Å². The van der Waals surface area contributed by atoms with Gasteiger partial charge >= 0.3 is 0 Å². The maximum absolute atomic E-state index is 13.0. The Bertz CT molecular complexity index is 563. The van der Waals surface area contributed by atoms with E-state index in [9.17, 15) is 4.39 Å². The van der Waals surface area contributed by atoms with Crippen molar-refractivity contribution in [1.29, 1.82) is 0 Å². The van der Waals surface area contributed by atoms with Crippen molar-refractivity contribution in [2.75, 3.05) is 11.9 Å². The molecule has 1 aromatic carbocycles. The van der Waals surface area contributed by atoms with Gasteiger partial charge in [-0.1, -0.05) is 18.5 Å². The minimum absolute atomic E-state index is 0.0349. The van der Waals surface area contributed by atoms with Crippen molar-refractivity contribution in [1.82, 2.24) is 9.97 Å². The second-order valence-corrected chi connectivity index (χ2v) is 4.59. The zero-order valence-electron chi connectivity index (χ0n) is 11.1. The normalized spacial score (nSPS) is 10.3. The molecule has 0 unspecified atom stereocenters. The first-order valence-electron chi connectivity index (χ1n) is 6.31. The molecule has 106 valence electrons. The van der Waals surface area contributed by atoms with Crippen LogP contribution in [0.2, 0.25) is 5.02 Å². The molecule has 0 fully saturated rings. The summed E-state index contributed by atoms with van der Waals surface area (Å²) in [5.74, 6) is 0.761. The summed E-state index contributed by atoms with van der Waals surface area (Å²) >= 11 is 5.67. The molecule has 1 aromatic heterocycles. The average Bonchev–Trinajstić information content (AvgIpc) is 2.47. The van der Waals surface area contributed by atoms with E-state index >= 15 is 0 Å². The summed E-state index contributed by atoms with van der Waals surface area (Å²) in [6, 6.07) is 4.22. The van der Waals surface area contributed by atoms with Gasteiger partial charge < -0.3 is 10.1 Å². The van der Waals surface area contributed by atoms with E-state index < -0.39 is 5.82 Å². The maximum atomic E-state index is 13.0. The van der Waals surface area contributed by atoms with Gasteiger partial charge in [-0.25, -0.2) is 9.37 Å². The predicted octanol–water partition coefficient (Wildman–Crippen LogP) is 3.67. The van der Waals surface area contributed by atoms with Crippen LogP contribution in [-0.4, -0.2) is 16.5 Å². The molecule has 0 aliphatic rings. The molecule has 20 heavy (non-hydrogen) atoms. The number of hydrogen-bond donors (Lipinski definition) is 1. The monoisotopic (exact) mass is 295 g/mol. The van der Waals surface area contributed by atoms with Crippen LogP contribution in [0.25, 0.3) is 0 Å². The number of hydrogen-bond acceptors (Lipinski definition) is 4. The topological polar surface area (TPSA) is 47.0 Å². The van der Waals surface area contributed by atoms with E-state index in [2.05, 4.69) is 22.2 Å². The Kier molecular flexibility index (Phi) is 5.12. The number of rotatable bonds is 6. The first-order valence-corrected chi connectivity index (χ1v) is 6.69. The summed E-state index contributed by atoms with van der Waals surface area (Å²) in [6.45, 7) is 3.19. The second-order valence-electron chi connectivity index (χ2n) is 4.18. The van der Waals surface area contributed by atoms with Gasteiger partial charge in [-0.15, -0.1) is 0 Å². The van der Waals surface area contributed by atoms with Gasteiger partial charge in [0.2, 0.25) is 0 Å². The Hall–Kier alpha value is -1.88.